The lowest BCUT2D eigenvalue weighted by molar-refractivity contribution is 0.182. The lowest BCUT2D eigenvalue weighted by Crippen LogP contribution is -2.63. The van der Waals surface area contributed by atoms with E-state index in [2.05, 4.69) is 209 Å². The lowest BCUT2D eigenvalue weighted by atomic mass is 9.28. The van der Waals surface area contributed by atoms with E-state index in [4.69, 9.17) is 0 Å². The molecule has 330 valence electrons. The fourth-order valence-electron chi connectivity index (χ4n) is 12.3. The van der Waals surface area contributed by atoms with Crippen LogP contribution < -0.4 is 10.4 Å². The first-order valence-electron chi connectivity index (χ1n) is 24.7. The van der Waals surface area contributed by atoms with E-state index in [1.54, 1.807) is 16.6 Å². The van der Waals surface area contributed by atoms with Gasteiger partial charge in [-0.3, -0.25) is 0 Å². The SMILES string of the molecule is CC(C)(C)C1=CCC2C(=C1)B1C3=C(CC(C(C)(C)C)CC3N(C3=CC=C(C(C)(C)c4ccccc4)CC3)c3ccc(C(C)(C)C)cc31)N2C1=CCC(C(C)(C)C2=CCCC=C2)C=C1. The van der Waals surface area contributed by atoms with Gasteiger partial charge in [-0.2, -0.15) is 0 Å². The van der Waals surface area contributed by atoms with Crippen molar-refractivity contribution in [1.82, 2.24) is 4.90 Å². The molecule has 63 heavy (non-hydrogen) atoms. The molecule has 3 heteroatoms. The van der Waals surface area contributed by atoms with Crippen LogP contribution in [-0.4, -0.2) is 23.7 Å². The van der Waals surface area contributed by atoms with Crippen LogP contribution >= 0.6 is 0 Å². The molecular weight excluding hydrogens is 759 g/mol. The highest BCUT2D eigenvalue weighted by molar-refractivity contribution is 6.88. The molecule has 2 aromatic carbocycles. The van der Waals surface area contributed by atoms with Gasteiger partial charge in [-0.15, -0.1) is 0 Å². The fraction of sp³-hybridized carbons (Fsp3) is 0.500. The maximum atomic E-state index is 2.91. The van der Waals surface area contributed by atoms with Crippen LogP contribution in [0.3, 0.4) is 0 Å². The quantitative estimate of drug-likeness (QED) is 0.268. The zero-order chi connectivity index (χ0) is 44.9. The molecule has 2 heterocycles. The molecule has 2 aliphatic heterocycles. The molecule has 2 aromatic rings. The first-order chi connectivity index (χ1) is 29.7. The third-order valence-electron chi connectivity index (χ3n) is 16.8. The second-order valence-corrected chi connectivity index (χ2v) is 24.5. The second kappa shape index (κ2) is 15.7. The third kappa shape index (κ3) is 7.80. The third-order valence-corrected chi connectivity index (χ3v) is 16.8. The Balaban J connectivity index is 1.24. The van der Waals surface area contributed by atoms with Crippen molar-refractivity contribution in [3.63, 3.8) is 0 Å². The van der Waals surface area contributed by atoms with Gasteiger partial charge < -0.3 is 9.80 Å². The van der Waals surface area contributed by atoms with Crippen LogP contribution in [-0.2, 0) is 10.8 Å². The van der Waals surface area contributed by atoms with Gasteiger partial charge in [0.1, 0.15) is 0 Å². The maximum absolute atomic E-state index is 2.91. The minimum Gasteiger partial charge on any atom is -0.339 e. The topological polar surface area (TPSA) is 6.48 Å². The average Bonchev–Trinajstić information content (AvgIpc) is 3.25. The van der Waals surface area contributed by atoms with Crippen molar-refractivity contribution < 1.29 is 0 Å². The number of hydrogen-bond donors (Lipinski definition) is 0. The lowest BCUT2D eigenvalue weighted by Gasteiger charge is -2.58. The Morgan fingerprint density at radius 3 is 2.05 bits per heavy atom. The molecule has 0 bridgehead atoms. The summed E-state index contributed by atoms with van der Waals surface area (Å²) >= 11 is 0. The molecule has 0 amide bonds. The van der Waals surface area contributed by atoms with E-state index in [0.29, 0.717) is 17.9 Å². The summed E-state index contributed by atoms with van der Waals surface area (Å²) in [6.07, 6.45) is 34.2. The molecule has 4 atom stereocenters. The van der Waals surface area contributed by atoms with Gasteiger partial charge in [0, 0.05) is 34.2 Å². The Morgan fingerprint density at radius 1 is 0.667 bits per heavy atom. The minimum absolute atomic E-state index is 0.0161. The summed E-state index contributed by atoms with van der Waals surface area (Å²) in [6.45, 7) is 32.0. The maximum Gasteiger partial charge on any atom is 0.242 e. The fourth-order valence-corrected chi connectivity index (χ4v) is 12.3. The van der Waals surface area contributed by atoms with Crippen LogP contribution in [0.5, 0.6) is 0 Å². The van der Waals surface area contributed by atoms with E-state index in [-0.39, 0.29) is 39.8 Å². The summed E-state index contributed by atoms with van der Waals surface area (Å²) in [7, 11) is 0. The average molecular weight is 837 g/mol. The van der Waals surface area contributed by atoms with Crippen LogP contribution in [0.2, 0.25) is 0 Å². The number of allylic oxidation sites excluding steroid dienone is 14. The van der Waals surface area contributed by atoms with Gasteiger partial charge in [0.25, 0.3) is 0 Å². The van der Waals surface area contributed by atoms with Crippen molar-refractivity contribution in [2.24, 2.45) is 28.1 Å². The highest BCUT2D eigenvalue weighted by Gasteiger charge is 2.54. The first-order valence-corrected chi connectivity index (χ1v) is 24.7. The summed E-state index contributed by atoms with van der Waals surface area (Å²) in [5.41, 5.74) is 18.5. The molecule has 4 unspecified atom stereocenters. The predicted octanol–water partition coefficient (Wildman–Crippen LogP) is 15.0. The predicted molar refractivity (Wildman–Crippen MR) is 272 cm³/mol. The van der Waals surface area contributed by atoms with E-state index in [0.717, 1.165) is 44.9 Å². The van der Waals surface area contributed by atoms with Crippen molar-refractivity contribution in [3.05, 3.63) is 165 Å². The van der Waals surface area contributed by atoms with Crippen molar-refractivity contribution in [2.45, 2.75) is 164 Å². The van der Waals surface area contributed by atoms with Gasteiger partial charge in [-0.25, -0.2) is 0 Å². The Hall–Kier alpha value is -4.24. The van der Waals surface area contributed by atoms with Crippen LogP contribution in [0.1, 0.15) is 153 Å². The number of anilines is 1. The van der Waals surface area contributed by atoms with Crippen molar-refractivity contribution in [1.29, 1.82) is 0 Å². The monoisotopic (exact) mass is 837 g/mol. The number of benzene rings is 2. The van der Waals surface area contributed by atoms with Crippen LogP contribution in [0, 0.1) is 28.1 Å². The van der Waals surface area contributed by atoms with Crippen LogP contribution in [0.4, 0.5) is 5.69 Å². The van der Waals surface area contributed by atoms with E-state index in [9.17, 15) is 0 Å². The molecule has 2 nitrogen and oxygen atoms in total. The highest BCUT2D eigenvalue weighted by Crippen LogP contribution is 2.55. The number of rotatable bonds is 6. The van der Waals surface area contributed by atoms with Crippen LogP contribution in [0.25, 0.3) is 0 Å². The highest BCUT2D eigenvalue weighted by atomic mass is 15.2. The Morgan fingerprint density at radius 2 is 1.43 bits per heavy atom. The van der Waals surface area contributed by atoms with Gasteiger partial charge >= 0.3 is 0 Å². The zero-order valence-corrected chi connectivity index (χ0v) is 41.3. The molecule has 5 aliphatic carbocycles. The summed E-state index contributed by atoms with van der Waals surface area (Å²) in [5.74, 6) is 1.02. The molecule has 0 spiro atoms. The Labute approximate surface area is 383 Å². The molecule has 0 saturated carbocycles. The minimum atomic E-state index is -0.0161. The molecule has 9 rings (SSSR count). The Kier molecular flexibility index (Phi) is 11.0. The van der Waals surface area contributed by atoms with E-state index >= 15 is 0 Å². The number of hydrogen-bond acceptors (Lipinski definition) is 2. The van der Waals surface area contributed by atoms with Gasteiger partial charge in [-0.05, 0) is 136 Å². The molecular formula is C60H77BN2. The smallest absolute Gasteiger partial charge is 0.242 e. The van der Waals surface area contributed by atoms with Crippen LogP contribution in [0.15, 0.2) is 154 Å². The summed E-state index contributed by atoms with van der Waals surface area (Å²) in [5, 5.41) is 0. The molecule has 0 aromatic heterocycles. The number of fused-ring (bicyclic) bond motifs is 4. The normalized spacial score (nSPS) is 25.3. The molecule has 0 N–H and O–H groups in total. The summed E-state index contributed by atoms with van der Waals surface area (Å²) < 4.78 is 0. The first kappa shape index (κ1) is 44.0. The molecule has 0 fully saturated rings. The van der Waals surface area contributed by atoms with Crippen molar-refractivity contribution in [3.8, 4) is 0 Å². The van der Waals surface area contributed by atoms with Gasteiger partial charge in [0.15, 0.2) is 0 Å². The van der Waals surface area contributed by atoms with Crippen molar-refractivity contribution >= 4 is 17.9 Å². The van der Waals surface area contributed by atoms with E-state index in [1.807, 2.05) is 0 Å². The van der Waals surface area contributed by atoms with Gasteiger partial charge in [0.2, 0.25) is 6.71 Å². The zero-order valence-electron chi connectivity index (χ0n) is 41.3. The molecule has 7 aliphatic rings. The largest absolute Gasteiger partial charge is 0.339 e. The summed E-state index contributed by atoms with van der Waals surface area (Å²) in [4.78, 5) is 5.79. The van der Waals surface area contributed by atoms with E-state index < -0.39 is 0 Å². The molecule has 0 saturated heterocycles. The Bertz CT molecular complexity index is 2430. The van der Waals surface area contributed by atoms with Crippen molar-refractivity contribution in [2.75, 3.05) is 4.90 Å². The standard InChI is InChI=1S/C60H77BN2/c1-56(2,3)44-28-34-51-49(36-44)61-50-37-45(57(4,5)6)29-35-52(50)63(48-32-26-43(27-33-48)60(12,13)41-22-18-15-19-23-41)54-39-46(58(7,8)9)38-53(55(54)61)62(51)47-30-24-42(25-31-47)59(10,11)40-20-16-14-17-21-40/h14,16-18,20-24,26,28-30,32-34,36-37,43,46,52-53H,15,19,25,27,31,35,38-39H2,1-13H3. The van der Waals surface area contributed by atoms with Gasteiger partial charge in [0.05, 0.1) is 6.04 Å². The van der Waals surface area contributed by atoms with E-state index in [1.165, 1.54) is 56.8 Å². The molecule has 0 radical (unpaired) electrons. The number of nitrogens with zero attached hydrogens (tertiary/aromatic N) is 2. The summed E-state index contributed by atoms with van der Waals surface area (Å²) in [6, 6.07) is 19.4. The van der Waals surface area contributed by atoms with Gasteiger partial charge in [-0.1, -0.05) is 192 Å². The second-order valence-electron chi connectivity index (χ2n) is 24.5.